The number of para-hydroxylation sites is 6. The van der Waals surface area contributed by atoms with Crippen LogP contribution in [0.25, 0.3) is 111 Å². The van der Waals surface area contributed by atoms with Gasteiger partial charge in [-0.2, -0.15) is 0 Å². The molecule has 15 rings (SSSR count). The molecule has 0 amide bonds. The number of pyridine rings is 2. The molecule has 0 atom stereocenters. The first-order chi connectivity index (χ1) is 39.1. The summed E-state index contributed by atoms with van der Waals surface area (Å²) in [5.74, 6) is 1.90. The molecule has 0 aliphatic carbocycles. The Bertz CT molecular complexity index is 4550. The average Bonchev–Trinajstić information content (AvgIpc) is 4.23. The van der Waals surface area contributed by atoms with E-state index in [-0.39, 0.29) is 18.3 Å². The van der Waals surface area contributed by atoms with Crippen LogP contribution in [0.1, 0.15) is 27.7 Å². The molecule has 386 valence electrons. The Morgan fingerprint density at radius 3 is 1.34 bits per heavy atom. The molecular weight excluding hydrogens is 1050 g/mol. The van der Waals surface area contributed by atoms with Crippen LogP contribution >= 0.6 is 15.9 Å². The number of nitrogens with zero attached hydrogens (tertiary/aromatic N) is 6. The number of benzene rings is 10. The van der Waals surface area contributed by atoms with Gasteiger partial charge in [0.15, 0.2) is 0 Å². The van der Waals surface area contributed by atoms with Crippen LogP contribution in [0, 0.1) is 0 Å². The zero-order valence-electron chi connectivity index (χ0n) is 44.7. The van der Waals surface area contributed by atoms with E-state index in [1.807, 2.05) is 73.1 Å². The van der Waals surface area contributed by atoms with Gasteiger partial charge >= 0.3 is 7.12 Å². The molecule has 1 aliphatic rings. The van der Waals surface area contributed by atoms with Crippen LogP contribution in [0.2, 0.25) is 0 Å². The minimum Gasteiger partial charge on any atom is -0.399 e. The maximum absolute atomic E-state index is 6.26. The molecule has 14 aromatic rings. The van der Waals surface area contributed by atoms with E-state index in [1.54, 1.807) is 0 Å². The molecule has 10 heteroatoms. The molecule has 8 nitrogen and oxygen atoms in total. The number of halogens is 1. The van der Waals surface area contributed by atoms with Crippen molar-refractivity contribution in [3.63, 3.8) is 0 Å². The highest BCUT2D eigenvalue weighted by Crippen LogP contribution is 2.39. The molecular formula is C70H54BBrN6O2. The predicted molar refractivity (Wildman–Crippen MR) is 334 cm³/mol. The van der Waals surface area contributed by atoms with Crippen LogP contribution in [-0.4, -0.2) is 47.4 Å². The van der Waals surface area contributed by atoms with Crippen LogP contribution < -0.4 is 5.46 Å². The first-order valence-corrected chi connectivity index (χ1v) is 27.7. The first kappa shape index (κ1) is 50.4. The fourth-order valence-corrected chi connectivity index (χ4v) is 11.0. The van der Waals surface area contributed by atoms with Gasteiger partial charge in [-0.1, -0.05) is 180 Å². The number of aromatic nitrogens is 6. The summed E-state index contributed by atoms with van der Waals surface area (Å²) < 4.78 is 18.0. The van der Waals surface area contributed by atoms with Gasteiger partial charge in [0.05, 0.1) is 44.3 Å². The Balaban J connectivity index is 0.000000118. The highest BCUT2D eigenvalue weighted by molar-refractivity contribution is 9.10. The first-order valence-electron chi connectivity index (χ1n) is 26.9. The zero-order chi connectivity index (χ0) is 54.4. The second kappa shape index (κ2) is 21.0. The quantitative estimate of drug-likeness (QED) is 0.122. The lowest BCUT2D eigenvalue weighted by molar-refractivity contribution is 0.00578. The van der Waals surface area contributed by atoms with Crippen molar-refractivity contribution in [3.05, 3.63) is 260 Å². The minimum atomic E-state index is -0.366. The number of hydrogen-bond acceptors (Lipinski definition) is 6. The van der Waals surface area contributed by atoms with Crippen LogP contribution in [-0.2, 0) is 9.31 Å². The summed E-state index contributed by atoms with van der Waals surface area (Å²) in [6.07, 6.45) is 3.70. The minimum absolute atomic E-state index is 0.345. The Morgan fingerprint density at radius 2 is 0.812 bits per heavy atom. The van der Waals surface area contributed by atoms with Gasteiger partial charge in [0.1, 0.15) is 11.6 Å². The van der Waals surface area contributed by atoms with Gasteiger partial charge in [-0.3, -0.25) is 19.1 Å². The zero-order valence-corrected chi connectivity index (χ0v) is 46.3. The Labute approximate surface area is 473 Å². The summed E-state index contributed by atoms with van der Waals surface area (Å²) in [7, 11) is -0.366. The van der Waals surface area contributed by atoms with Crippen molar-refractivity contribution < 1.29 is 9.31 Å². The second-order valence-electron chi connectivity index (χ2n) is 21.0. The third-order valence-corrected chi connectivity index (χ3v) is 16.0. The molecule has 1 saturated heterocycles. The fourth-order valence-electron chi connectivity index (χ4n) is 10.8. The molecule has 1 fully saturated rings. The van der Waals surface area contributed by atoms with Gasteiger partial charge in [-0.25, -0.2) is 9.97 Å². The van der Waals surface area contributed by atoms with E-state index in [2.05, 4.69) is 245 Å². The van der Waals surface area contributed by atoms with Crippen molar-refractivity contribution in [1.29, 1.82) is 0 Å². The third kappa shape index (κ3) is 9.41. The fraction of sp³-hybridized carbons (Fsp3) is 0.0857. The molecule has 1 aliphatic heterocycles. The van der Waals surface area contributed by atoms with Gasteiger partial charge in [0.2, 0.25) is 0 Å². The average molecular weight is 1100 g/mol. The molecule has 5 heterocycles. The van der Waals surface area contributed by atoms with Gasteiger partial charge < -0.3 is 9.31 Å². The van der Waals surface area contributed by atoms with Crippen molar-refractivity contribution in [2.75, 3.05) is 0 Å². The van der Waals surface area contributed by atoms with Crippen LogP contribution in [0.4, 0.5) is 0 Å². The topological polar surface area (TPSA) is 79.9 Å². The van der Waals surface area contributed by atoms with Crippen LogP contribution in [0.15, 0.2) is 260 Å². The maximum Gasteiger partial charge on any atom is 0.495 e. The molecule has 0 spiro atoms. The second-order valence-corrected chi connectivity index (χ2v) is 21.9. The number of hydrogen-bond donors (Lipinski definition) is 0. The number of imidazole rings is 2. The van der Waals surface area contributed by atoms with Crippen LogP contribution in [0.5, 0.6) is 0 Å². The van der Waals surface area contributed by atoms with E-state index in [9.17, 15) is 0 Å². The third-order valence-electron chi connectivity index (χ3n) is 15.5. The molecule has 0 radical (unpaired) electrons. The summed E-state index contributed by atoms with van der Waals surface area (Å²) in [5.41, 5.74) is 13.5. The lowest BCUT2D eigenvalue weighted by atomic mass is 9.75. The lowest BCUT2D eigenvalue weighted by Crippen LogP contribution is -2.41. The highest BCUT2D eigenvalue weighted by Gasteiger charge is 2.52. The monoisotopic (exact) mass is 1100 g/mol. The van der Waals surface area contributed by atoms with Crippen molar-refractivity contribution in [2.24, 2.45) is 0 Å². The normalized spacial score (nSPS) is 13.6. The summed E-state index contributed by atoms with van der Waals surface area (Å²) in [6.45, 7) is 8.32. The number of fused-ring (bicyclic) bond motifs is 8. The standard InChI is InChI=1S/C32H21N3.C19H20BNO2.C19H13BrN2/c1-2-10-25(11-3-1)35-30-15-7-6-14-29(30)34-32(35)23-18-16-22(17-19-23)28-21-24-9-8-20-33-31(24)27-13-5-4-12-26(27)28;1-18(2)19(3,4)23-20(22-18)16-12-13-8-7-11-21-17(13)15-10-6-5-9-14(15)16;20-15-12-10-14(11-13-15)19-21-17-8-4-5-9-18(17)22(19)16-6-2-1-3-7-16/h1-21H;5-12H,1-4H3;1-13H. The SMILES string of the molecule is Brc1ccc(-c2nc3ccccc3n2-c2ccccc2)cc1.CC1(C)OB(c2cc3cccnc3c3ccccc23)OC1(C)C.c1ccc(-n2c(-c3ccc(-c4cc5cccnc5c5ccccc45)cc3)nc3ccccc32)cc1. The van der Waals surface area contributed by atoms with Crippen LogP contribution in [0.3, 0.4) is 0 Å². The van der Waals surface area contributed by atoms with E-state index in [0.29, 0.717) is 0 Å². The van der Waals surface area contributed by atoms with E-state index in [1.165, 1.54) is 21.9 Å². The molecule has 0 bridgehead atoms. The lowest BCUT2D eigenvalue weighted by Gasteiger charge is -2.32. The van der Waals surface area contributed by atoms with Crippen molar-refractivity contribution >= 4 is 93.9 Å². The van der Waals surface area contributed by atoms with Gasteiger partial charge in [-0.05, 0) is 134 Å². The summed E-state index contributed by atoms with van der Waals surface area (Å²) in [6, 6.07) is 83.8. The van der Waals surface area contributed by atoms with Crippen molar-refractivity contribution in [3.8, 4) is 45.3 Å². The summed E-state index contributed by atoms with van der Waals surface area (Å²) in [5, 5.41) is 6.91. The molecule has 0 N–H and O–H groups in total. The molecule has 4 aromatic heterocycles. The highest BCUT2D eigenvalue weighted by atomic mass is 79.9. The van der Waals surface area contributed by atoms with Gasteiger partial charge in [0, 0.05) is 60.9 Å². The van der Waals surface area contributed by atoms with E-state index in [0.717, 1.165) is 98.7 Å². The Hall–Kier alpha value is -9.06. The largest absolute Gasteiger partial charge is 0.495 e. The number of rotatable bonds is 6. The Morgan fingerprint density at radius 1 is 0.400 bits per heavy atom. The Kier molecular flexibility index (Phi) is 13.2. The molecule has 0 saturated carbocycles. The van der Waals surface area contributed by atoms with E-state index in [4.69, 9.17) is 19.3 Å². The van der Waals surface area contributed by atoms with Crippen molar-refractivity contribution in [1.82, 2.24) is 29.1 Å². The van der Waals surface area contributed by atoms with Gasteiger partial charge in [-0.15, -0.1) is 0 Å². The summed E-state index contributed by atoms with van der Waals surface area (Å²) >= 11 is 3.49. The predicted octanol–water partition coefficient (Wildman–Crippen LogP) is 17.2. The van der Waals surface area contributed by atoms with E-state index < -0.39 is 0 Å². The van der Waals surface area contributed by atoms with Crippen molar-refractivity contribution in [2.45, 2.75) is 38.9 Å². The molecule has 80 heavy (non-hydrogen) atoms. The maximum atomic E-state index is 6.26. The van der Waals surface area contributed by atoms with Gasteiger partial charge in [0.25, 0.3) is 0 Å². The summed E-state index contributed by atoms with van der Waals surface area (Å²) in [4.78, 5) is 19.0. The molecule has 10 aromatic carbocycles. The smallest absolute Gasteiger partial charge is 0.399 e. The van der Waals surface area contributed by atoms with E-state index >= 15 is 0 Å². The molecule has 0 unspecified atom stereocenters.